The Morgan fingerprint density at radius 3 is 2.67 bits per heavy atom. The number of rotatable bonds is 7. The zero-order valence-corrected chi connectivity index (χ0v) is 14.0. The number of amides is 1. The van der Waals surface area contributed by atoms with E-state index in [9.17, 15) is 13.6 Å². The Hall–Kier alpha value is -0.560. The van der Waals surface area contributed by atoms with Gasteiger partial charge < -0.3 is 10.6 Å². The van der Waals surface area contributed by atoms with Crippen LogP contribution in [0.2, 0.25) is 5.02 Å². The number of carbonyl (C=O) groups excluding carboxylic acids is 1. The summed E-state index contributed by atoms with van der Waals surface area (Å²) < 4.78 is 24.6. The van der Waals surface area contributed by atoms with Crippen molar-refractivity contribution in [3.8, 4) is 0 Å². The molecule has 0 aromatic heterocycles. The van der Waals surface area contributed by atoms with Crippen molar-refractivity contribution in [1.82, 2.24) is 5.32 Å². The summed E-state index contributed by atoms with van der Waals surface area (Å²) in [4.78, 5) is 12.4. The summed E-state index contributed by atoms with van der Waals surface area (Å²) in [6.07, 6.45) is -2.43. The molecule has 1 atom stereocenters. The Kier molecular flexibility index (Phi) is 9.94. The van der Waals surface area contributed by atoms with E-state index in [1.54, 1.807) is 32.2 Å². The number of nitrogens with one attached hydrogen (secondary N) is 2. The van der Waals surface area contributed by atoms with Gasteiger partial charge in [-0.1, -0.05) is 24.6 Å². The highest BCUT2D eigenvalue weighted by atomic mass is 35.5. The van der Waals surface area contributed by atoms with E-state index >= 15 is 0 Å². The van der Waals surface area contributed by atoms with Gasteiger partial charge >= 0.3 is 0 Å². The van der Waals surface area contributed by atoms with Crippen LogP contribution in [0.5, 0.6) is 0 Å². The lowest BCUT2D eigenvalue weighted by Gasteiger charge is -2.15. The Bertz CT molecular complexity index is 464. The quantitative estimate of drug-likeness (QED) is 0.726. The summed E-state index contributed by atoms with van der Waals surface area (Å²) in [7, 11) is 1.76. The fraction of sp³-hybridized carbons (Fsp3) is 0.462. The van der Waals surface area contributed by atoms with E-state index in [0.29, 0.717) is 22.2 Å². The standard InChI is InChI=1S/C13H17ClF2N2OS.ClH/c1-8(6-17-2)13(19)18-10-5-3-4-9(14)12(10)20-7-11(15)16;/h3-5,8,11,17H,6-7H2,1-2H3,(H,18,19);1H. The van der Waals surface area contributed by atoms with Crippen LogP contribution < -0.4 is 10.6 Å². The van der Waals surface area contributed by atoms with Crippen LogP contribution in [0, 0.1) is 5.92 Å². The minimum absolute atomic E-state index is 0. The Morgan fingerprint density at radius 1 is 1.43 bits per heavy atom. The molecule has 0 aliphatic carbocycles. The lowest BCUT2D eigenvalue weighted by molar-refractivity contribution is -0.119. The molecule has 1 unspecified atom stereocenters. The van der Waals surface area contributed by atoms with Crippen molar-refractivity contribution in [3.05, 3.63) is 23.2 Å². The van der Waals surface area contributed by atoms with Gasteiger partial charge in [-0.15, -0.1) is 24.2 Å². The third-order valence-electron chi connectivity index (χ3n) is 2.54. The van der Waals surface area contributed by atoms with Crippen molar-refractivity contribution < 1.29 is 13.6 Å². The van der Waals surface area contributed by atoms with Crippen molar-refractivity contribution in [2.45, 2.75) is 18.2 Å². The van der Waals surface area contributed by atoms with Crippen LogP contribution in [0.3, 0.4) is 0 Å². The zero-order valence-electron chi connectivity index (χ0n) is 11.7. The molecule has 0 saturated carbocycles. The number of anilines is 1. The molecule has 1 rings (SSSR count). The molecule has 0 aliphatic heterocycles. The van der Waals surface area contributed by atoms with Crippen LogP contribution >= 0.6 is 35.8 Å². The molecule has 21 heavy (non-hydrogen) atoms. The first-order valence-corrected chi connectivity index (χ1v) is 7.47. The molecule has 8 heteroatoms. The molecule has 0 saturated heterocycles. The Morgan fingerprint density at radius 2 is 2.10 bits per heavy atom. The fourth-order valence-electron chi connectivity index (χ4n) is 1.56. The molecule has 0 radical (unpaired) electrons. The van der Waals surface area contributed by atoms with Gasteiger partial charge in [-0.3, -0.25) is 4.79 Å². The number of carbonyl (C=O) groups is 1. The fourth-order valence-corrected chi connectivity index (χ4v) is 2.67. The van der Waals surface area contributed by atoms with Crippen LogP contribution in [-0.2, 0) is 4.79 Å². The molecule has 1 aromatic carbocycles. The summed E-state index contributed by atoms with van der Waals surface area (Å²) in [5, 5.41) is 6.00. The van der Waals surface area contributed by atoms with Gasteiger partial charge in [0.1, 0.15) is 0 Å². The normalized spacial score (nSPS) is 11.9. The first kappa shape index (κ1) is 20.4. The number of hydrogen-bond acceptors (Lipinski definition) is 3. The van der Waals surface area contributed by atoms with Crippen molar-refractivity contribution in [3.63, 3.8) is 0 Å². The maximum atomic E-state index is 12.3. The third-order valence-corrected chi connectivity index (χ3v) is 4.11. The number of alkyl halides is 2. The van der Waals surface area contributed by atoms with Crippen molar-refractivity contribution >= 4 is 47.4 Å². The van der Waals surface area contributed by atoms with E-state index < -0.39 is 6.43 Å². The average Bonchev–Trinajstić information content (AvgIpc) is 2.38. The molecule has 120 valence electrons. The average molecular weight is 359 g/mol. The van der Waals surface area contributed by atoms with Gasteiger partial charge in [0.25, 0.3) is 0 Å². The largest absolute Gasteiger partial charge is 0.325 e. The van der Waals surface area contributed by atoms with Gasteiger partial charge in [-0.25, -0.2) is 8.78 Å². The third kappa shape index (κ3) is 6.82. The molecular formula is C13H18Cl2F2N2OS. The predicted molar refractivity (Wildman–Crippen MR) is 87.1 cm³/mol. The molecular weight excluding hydrogens is 341 g/mol. The highest BCUT2D eigenvalue weighted by molar-refractivity contribution is 7.99. The number of benzene rings is 1. The van der Waals surface area contributed by atoms with Gasteiger partial charge in [-0.2, -0.15) is 0 Å². The number of halogens is 4. The van der Waals surface area contributed by atoms with Crippen LogP contribution in [0.15, 0.2) is 23.1 Å². The molecule has 0 fully saturated rings. The SMILES string of the molecule is CNCC(C)C(=O)Nc1cccc(Cl)c1SCC(F)F.Cl. The zero-order chi connectivity index (χ0) is 15.1. The predicted octanol–water partition coefficient (Wildman–Crippen LogP) is 3.91. The molecule has 0 aliphatic rings. The summed E-state index contributed by atoms with van der Waals surface area (Å²) >= 11 is 6.94. The van der Waals surface area contributed by atoms with Gasteiger partial charge in [0.15, 0.2) is 0 Å². The van der Waals surface area contributed by atoms with E-state index in [0.717, 1.165) is 11.8 Å². The minimum atomic E-state index is -2.43. The van der Waals surface area contributed by atoms with Crippen molar-refractivity contribution in [2.24, 2.45) is 5.92 Å². The van der Waals surface area contributed by atoms with E-state index in [4.69, 9.17) is 11.6 Å². The van der Waals surface area contributed by atoms with Crippen LogP contribution in [-0.4, -0.2) is 31.7 Å². The first-order valence-electron chi connectivity index (χ1n) is 6.10. The molecule has 0 heterocycles. The first-order chi connectivity index (χ1) is 9.45. The summed E-state index contributed by atoms with van der Waals surface area (Å²) in [5.41, 5.74) is 0.469. The van der Waals surface area contributed by atoms with Crippen molar-refractivity contribution in [1.29, 1.82) is 0 Å². The minimum Gasteiger partial charge on any atom is -0.325 e. The van der Waals surface area contributed by atoms with Crippen LogP contribution in [0.25, 0.3) is 0 Å². The highest BCUT2D eigenvalue weighted by Gasteiger charge is 2.16. The van der Waals surface area contributed by atoms with E-state index in [-0.39, 0.29) is 30.0 Å². The molecule has 1 amide bonds. The lowest BCUT2D eigenvalue weighted by Crippen LogP contribution is -2.28. The van der Waals surface area contributed by atoms with Crippen LogP contribution in [0.1, 0.15) is 6.92 Å². The second-order valence-corrected chi connectivity index (χ2v) is 5.70. The summed E-state index contributed by atoms with van der Waals surface area (Å²) in [6, 6.07) is 4.94. The Labute approximate surface area is 138 Å². The second-order valence-electron chi connectivity index (χ2n) is 4.27. The maximum Gasteiger partial charge on any atom is 0.247 e. The molecule has 2 N–H and O–H groups in total. The van der Waals surface area contributed by atoms with E-state index in [1.807, 2.05) is 0 Å². The molecule has 0 spiro atoms. The van der Waals surface area contributed by atoms with Crippen LogP contribution in [0.4, 0.5) is 14.5 Å². The molecule has 0 bridgehead atoms. The Balaban J connectivity index is 0.00000400. The highest BCUT2D eigenvalue weighted by Crippen LogP contribution is 2.35. The number of thioether (sulfide) groups is 1. The van der Waals surface area contributed by atoms with E-state index in [2.05, 4.69) is 10.6 Å². The van der Waals surface area contributed by atoms with E-state index in [1.165, 1.54) is 0 Å². The van der Waals surface area contributed by atoms with Gasteiger partial charge in [0.05, 0.1) is 16.5 Å². The van der Waals surface area contributed by atoms with Gasteiger partial charge in [0, 0.05) is 17.4 Å². The summed E-state index contributed by atoms with van der Waals surface area (Å²) in [5.74, 6) is -0.772. The van der Waals surface area contributed by atoms with Crippen molar-refractivity contribution in [2.75, 3.05) is 24.7 Å². The maximum absolute atomic E-state index is 12.3. The molecule has 1 aromatic rings. The summed E-state index contributed by atoms with van der Waals surface area (Å²) in [6.45, 7) is 2.31. The number of hydrogen-bond donors (Lipinski definition) is 2. The monoisotopic (exact) mass is 358 g/mol. The topological polar surface area (TPSA) is 41.1 Å². The van der Waals surface area contributed by atoms with Gasteiger partial charge in [-0.05, 0) is 19.2 Å². The lowest BCUT2D eigenvalue weighted by atomic mass is 10.1. The smallest absolute Gasteiger partial charge is 0.247 e. The molecule has 3 nitrogen and oxygen atoms in total. The second kappa shape index (κ2) is 10.2. The van der Waals surface area contributed by atoms with Gasteiger partial charge in [0.2, 0.25) is 12.3 Å².